The highest BCUT2D eigenvalue weighted by Crippen LogP contribution is 2.26. The number of rotatable bonds is 14. The molecule has 3 rings (SSSR count). The van der Waals surface area contributed by atoms with Gasteiger partial charge in [-0.3, -0.25) is 13.9 Å². The van der Waals surface area contributed by atoms with Gasteiger partial charge in [-0.2, -0.15) is 0 Å². The molecule has 0 aliphatic carbocycles. The number of unbranched alkanes of at least 4 members (excludes halogenated alkanes) is 1. The molecule has 0 radical (unpaired) electrons. The van der Waals surface area contributed by atoms with Crippen molar-refractivity contribution < 1.29 is 22.7 Å². The molecule has 10 heteroatoms. The normalized spacial score (nSPS) is 11.9. The van der Waals surface area contributed by atoms with Crippen LogP contribution in [0, 0.1) is 0 Å². The Morgan fingerprint density at radius 1 is 0.950 bits per heavy atom. The fraction of sp³-hybridized carbons (Fsp3) is 0.333. The molecule has 214 valence electrons. The van der Waals surface area contributed by atoms with Crippen LogP contribution in [0.4, 0.5) is 5.69 Å². The summed E-state index contributed by atoms with van der Waals surface area (Å²) >= 11 is 3.42. The zero-order chi connectivity index (χ0) is 29.1. The minimum absolute atomic E-state index is 0.0254. The molecular formula is C30H36BrN3O5S. The molecule has 0 aromatic heterocycles. The minimum Gasteiger partial charge on any atom is -0.494 e. The molecule has 40 heavy (non-hydrogen) atoms. The van der Waals surface area contributed by atoms with E-state index in [4.69, 9.17) is 4.74 Å². The topological polar surface area (TPSA) is 96.0 Å². The van der Waals surface area contributed by atoms with E-state index in [1.54, 1.807) is 49.4 Å². The van der Waals surface area contributed by atoms with Crippen LogP contribution < -0.4 is 14.4 Å². The van der Waals surface area contributed by atoms with Gasteiger partial charge in [0.1, 0.15) is 18.3 Å². The van der Waals surface area contributed by atoms with Crippen LogP contribution in [0.15, 0.2) is 88.2 Å². The molecule has 0 spiro atoms. The van der Waals surface area contributed by atoms with Gasteiger partial charge in [-0.25, -0.2) is 8.42 Å². The van der Waals surface area contributed by atoms with E-state index in [1.165, 1.54) is 17.0 Å². The molecule has 3 aromatic rings. The summed E-state index contributed by atoms with van der Waals surface area (Å²) in [5, 5.41) is 2.89. The number of sulfonamides is 1. The number of hydrogen-bond acceptors (Lipinski definition) is 5. The fourth-order valence-corrected chi connectivity index (χ4v) is 5.71. The van der Waals surface area contributed by atoms with Gasteiger partial charge in [-0.05, 0) is 74.4 Å². The largest absolute Gasteiger partial charge is 0.494 e. The van der Waals surface area contributed by atoms with Gasteiger partial charge in [-0.1, -0.05) is 59.6 Å². The minimum atomic E-state index is -4.13. The molecule has 1 atom stereocenters. The first-order valence-electron chi connectivity index (χ1n) is 13.3. The summed E-state index contributed by atoms with van der Waals surface area (Å²) < 4.78 is 35.2. The molecule has 0 heterocycles. The third-order valence-corrected chi connectivity index (χ3v) is 8.63. The van der Waals surface area contributed by atoms with Crippen molar-refractivity contribution in [2.24, 2.45) is 0 Å². The third kappa shape index (κ3) is 8.32. The number of hydrogen-bond donors (Lipinski definition) is 1. The lowest BCUT2D eigenvalue weighted by atomic mass is 10.1. The highest BCUT2D eigenvalue weighted by atomic mass is 79.9. The molecule has 0 aliphatic heterocycles. The molecule has 0 aliphatic rings. The van der Waals surface area contributed by atoms with Crippen LogP contribution in [-0.4, -0.2) is 50.9 Å². The standard InChI is InChI=1S/C30H36BrN3O5S/c1-4-6-20-32-30(36)23(3)33(21-24-12-14-25(31)15-13-24)29(35)22-34(26-10-8-7-9-11-26)40(37,38)28-18-16-27(17-19-28)39-5-2/h7-19,23H,4-6,20-22H2,1-3H3,(H,32,36). The Morgan fingerprint density at radius 3 is 2.20 bits per heavy atom. The summed E-state index contributed by atoms with van der Waals surface area (Å²) in [5.74, 6) is -0.244. The lowest BCUT2D eigenvalue weighted by Gasteiger charge is -2.32. The number of nitrogens with zero attached hydrogens (tertiary/aromatic N) is 2. The maximum absolute atomic E-state index is 13.9. The molecule has 0 saturated heterocycles. The predicted octanol–water partition coefficient (Wildman–Crippen LogP) is 5.38. The quantitative estimate of drug-likeness (QED) is 0.242. The van der Waals surface area contributed by atoms with E-state index in [0.717, 1.165) is 27.2 Å². The number of amides is 2. The third-order valence-electron chi connectivity index (χ3n) is 6.31. The van der Waals surface area contributed by atoms with Gasteiger partial charge in [0.25, 0.3) is 10.0 Å². The van der Waals surface area contributed by atoms with Crippen molar-refractivity contribution in [1.82, 2.24) is 10.2 Å². The van der Waals surface area contributed by atoms with Gasteiger partial charge < -0.3 is 15.0 Å². The van der Waals surface area contributed by atoms with Crippen LogP contribution in [-0.2, 0) is 26.2 Å². The Labute approximate surface area is 245 Å². The van der Waals surface area contributed by atoms with E-state index in [1.807, 2.05) is 38.1 Å². The number of ether oxygens (including phenoxy) is 1. The SMILES string of the molecule is CCCCNC(=O)C(C)N(Cc1ccc(Br)cc1)C(=O)CN(c1ccccc1)S(=O)(=O)c1ccc(OCC)cc1. The van der Waals surface area contributed by atoms with E-state index < -0.39 is 28.5 Å². The second kappa shape index (κ2) is 14.9. The summed E-state index contributed by atoms with van der Waals surface area (Å²) in [6.07, 6.45) is 1.74. The summed E-state index contributed by atoms with van der Waals surface area (Å²) in [6, 6.07) is 21.2. The Hall–Kier alpha value is -3.37. The lowest BCUT2D eigenvalue weighted by molar-refractivity contribution is -0.139. The lowest BCUT2D eigenvalue weighted by Crippen LogP contribution is -2.51. The zero-order valence-corrected chi connectivity index (χ0v) is 25.4. The molecule has 0 fully saturated rings. The molecule has 3 aromatic carbocycles. The van der Waals surface area contributed by atoms with Crippen molar-refractivity contribution in [3.05, 3.63) is 88.9 Å². The maximum Gasteiger partial charge on any atom is 0.264 e. The Kier molecular flexibility index (Phi) is 11.6. The summed E-state index contributed by atoms with van der Waals surface area (Å²) in [6.45, 7) is 6.15. The number of para-hydroxylation sites is 1. The van der Waals surface area contributed by atoms with Crippen LogP contribution in [0.3, 0.4) is 0 Å². The smallest absolute Gasteiger partial charge is 0.264 e. The first-order valence-corrected chi connectivity index (χ1v) is 15.5. The zero-order valence-electron chi connectivity index (χ0n) is 23.0. The molecule has 8 nitrogen and oxygen atoms in total. The van der Waals surface area contributed by atoms with Crippen molar-refractivity contribution >= 4 is 43.5 Å². The highest BCUT2D eigenvalue weighted by molar-refractivity contribution is 9.10. The molecule has 1 N–H and O–H groups in total. The number of nitrogens with one attached hydrogen (secondary N) is 1. The molecule has 0 bridgehead atoms. The average Bonchev–Trinajstić information content (AvgIpc) is 2.96. The van der Waals surface area contributed by atoms with Crippen LogP contribution in [0.25, 0.3) is 0 Å². The first kappa shape index (κ1) is 31.2. The maximum atomic E-state index is 13.9. The summed E-state index contributed by atoms with van der Waals surface area (Å²) in [4.78, 5) is 28.4. The molecule has 1 unspecified atom stereocenters. The fourth-order valence-electron chi connectivity index (χ4n) is 4.03. The van der Waals surface area contributed by atoms with E-state index in [-0.39, 0.29) is 17.3 Å². The van der Waals surface area contributed by atoms with Gasteiger partial charge in [-0.15, -0.1) is 0 Å². The number of anilines is 1. The van der Waals surface area contributed by atoms with Crippen LogP contribution in [0.5, 0.6) is 5.75 Å². The number of benzene rings is 3. The van der Waals surface area contributed by atoms with Gasteiger partial charge in [0.05, 0.1) is 17.2 Å². The van der Waals surface area contributed by atoms with Crippen LogP contribution >= 0.6 is 15.9 Å². The van der Waals surface area contributed by atoms with Crippen molar-refractivity contribution in [3.63, 3.8) is 0 Å². The second-order valence-corrected chi connectivity index (χ2v) is 12.0. The number of carbonyl (C=O) groups is 2. The van der Waals surface area contributed by atoms with Gasteiger partial charge in [0.2, 0.25) is 11.8 Å². The van der Waals surface area contributed by atoms with Gasteiger partial charge >= 0.3 is 0 Å². The van der Waals surface area contributed by atoms with Gasteiger partial charge in [0.15, 0.2) is 0 Å². The van der Waals surface area contributed by atoms with Gasteiger partial charge in [0, 0.05) is 17.6 Å². The molecular weight excluding hydrogens is 594 g/mol. The van der Waals surface area contributed by atoms with E-state index in [2.05, 4.69) is 21.2 Å². The van der Waals surface area contributed by atoms with E-state index in [0.29, 0.717) is 24.6 Å². The summed E-state index contributed by atoms with van der Waals surface area (Å²) in [5.41, 5.74) is 1.15. The van der Waals surface area contributed by atoms with Crippen LogP contribution in [0.2, 0.25) is 0 Å². The average molecular weight is 631 g/mol. The van der Waals surface area contributed by atoms with E-state index in [9.17, 15) is 18.0 Å². The first-order chi connectivity index (χ1) is 19.2. The van der Waals surface area contributed by atoms with Crippen molar-refractivity contribution in [2.75, 3.05) is 24.0 Å². The number of carbonyl (C=O) groups excluding carboxylic acids is 2. The highest BCUT2D eigenvalue weighted by Gasteiger charge is 2.32. The Balaban J connectivity index is 1.96. The monoisotopic (exact) mass is 629 g/mol. The van der Waals surface area contributed by atoms with Crippen molar-refractivity contribution in [2.45, 2.75) is 51.1 Å². The van der Waals surface area contributed by atoms with Crippen molar-refractivity contribution in [3.8, 4) is 5.75 Å². The molecule has 2 amide bonds. The number of halogens is 1. The van der Waals surface area contributed by atoms with E-state index >= 15 is 0 Å². The van der Waals surface area contributed by atoms with Crippen molar-refractivity contribution in [1.29, 1.82) is 0 Å². The Bertz CT molecular complexity index is 1350. The summed E-state index contributed by atoms with van der Waals surface area (Å²) in [7, 11) is -4.13. The Morgan fingerprint density at radius 2 is 1.60 bits per heavy atom. The van der Waals surface area contributed by atoms with Crippen LogP contribution in [0.1, 0.15) is 39.2 Å². The predicted molar refractivity (Wildman–Crippen MR) is 161 cm³/mol. The molecule has 0 saturated carbocycles. The second-order valence-electron chi connectivity index (χ2n) is 9.22.